The second-order valence-electron chi connectivity index (χ2n) is 4.06. The first-order valence-electron chi connectivity index (χ1n) is 5.68. The summed E-state index contributed by atoms with van der Waals surface area (Å²) in [5.41, 5.74) is -0.153. The van der Waals surface area contributed by atoms with E-state index in [9.17, 15) is 17.4 Å². The van der Waals surface area contributed by atoms with Crippen molar-refractivity contribution in [2.45, 2.75) is 14.7 Å². The van der Waals surface area contributed by atoms with Gasteiger partial charge < -0.3 is 5.11 Å². The van der Waals surface area contributed by atoms with E-state index < -0.39 is 26.8 Å². The van der Waals surface area contributed by atoms with Crippen molar-refractivity contribution in [2.75, 3.05) is 0 Å². The fourth-order valence-electron chi connectivity index (χ4n) is 1.76. The fourth-order valence-corrected chi connectivity index (χ4v) is 4.20. The average Bonchev–Trinajstić information content (AvgIpc) is 2.45. The first kappa shape index (κ1) is 15.4. The Bertz CT molecular complexity index is 830. The molecule has 0 radical (unpaired) electrons. The molecule has 2 rings (SSSR count). The summed E-state index contributed by atoms with van der Waals surface area (Å²) in [5.74, 6) is -1.24. The van der Waals surface area contributed by atoms with Gasteiger partial charge in [-0.3, -0.25) is 0 Å². The van der Waals surface area contributed by atoms with Gasteiger partial charge in [-0.2, -0.15) is 0 Å². The molecule has 0 saturated heterocycles. The minimum atomic E-state index is -4.06. The lowest BCUT2D eigenvalue weighted by Gasteiger charge is -2.09. The molecule has 0 saturated carbocycles. The molecule has 1 unspecified atom stereocenters. The molecule has 6 nitrogen and oxygen atoms in total. The Morgan fingerprint density at radius 1 is 1.05 bits per heavy atom. The summed E-state index contributed by atoms with van der Waals surface area (Å²) >= 11 is 0. The molecule has 0 aromatic heterocycles. The first-order valence-corrected chi connectivity index (χ1v) is 8.38. The lowest BCUT2D eigenvalue weighted by atomic mass is 10.2. The summed E-state index contributed by atoms with van der Waals surface area (Å²) < 4.78 is 35.6. The third-order valence-electron chi connectivity index (χ3n) is 2.67. The zero-order valence-electron chi connectivity index (χ0n) is 10.6. The van der Waals surface area contributed by atoms with E-state index in [4.69, 9.17) is 10.2 Å². The largest absolute Gasteiger partial charge is 0.478 e. The van der Waals surface area contributed by atoms with Crippen LogP contribution in [0.15, 0.2) is 63.2 Å². The van der Waals surface area contributed by atoms with E-state index in [0.717, 1.165) is 0 Å². The number of aromatic carboxylic acids is 1. The van der Waals surface area contributed by atoms with Gasteiger partial charge in [-0.05, 0) is 24.3 Å². The Kier molecular flexibility index (Phi) is 4.21. The first-order chi connectivity index (χ1) is 9.82. The van der Waals surface area contributed by atoms with Gasteiger partial charge in [0.25, 0.3) is 0 Å². The Labute approximate surface area is 123 Å². The highest BCUT2D eigenvalue weighted by Gasteiger charge is 2.22. The summed E-state index contributed by atoms with van der Waals surface area (Å²) in [6, 6.07) is 11.2. The number of hydrogen-bond acceptors (Lipinski definition) is 4. The SMILES string of the molecule is NS(=O)(=O)c1ccccc1S(=[18O])c1ccccc1C(=O)O. The van der Waals surface area contributed by atoms with Gasteiger partial charge in [-0.15, -0.1) is 0 Å². The van der Waals surface area contributed by atoms with E-state index in [1.165, 1.54) is 48.5 Å². The number of carbonyl (C=O) groups is 1. The molecule has 0 aliphatic carbocycles. The van der Waals surface area contributed by atoms with E-state index in [1.54, 1.807) is 0 Å². The molecule has 21 heavy (non-hydrogen) atoms. The molecule has 0 aliphatic rings. The summed E-state index contributed by atoms with van der Waals surface area (Å²) in [7, 11) is -6.04. The lowest BCUT2D eigenvalue weighted by molar-refractivity contribution is 0.0693. The summed E-state index contributed by atoms with van der Waals surface area (Å²) in [5, 5.41) is 14.2. The molecule has 0 amide bonds. The normalized spacial score (nSPS) is 12.8. The molecule has 0 heterocycles. The topological polar surface area (TPSA) is 115 Å². The lowest BCUT2D eigenvalue weighted by Crippen LogP contribution is -2.15. The monoisotopic (exact) mass is 327 g/mol. The van der Waals surface area contributed by atoms with Crippen molar-refractivity contribution in [3.63, 3.8) is 0 Å². The molecular formula is C13H11NO5S2. The van der Waals surface area contributed by atoms with Crippen LogP contribution >= 0.6 is 0 Å². The zero-order valence-corrected chi connectivity index (χ0v) is 12.2. The number of rotatable bonds is 4. The summed E-state index contributed by atoms with van der Waals surface area (Å²) in [6.45, 7) is 0. The molecule has 1 atom stereocenters. The number of nitrogens with two attached hydrogens (primary N) is 1. The Balaban J connectivity index is 2.65. The molecule has 0 fully saturated rings. The molecular weight excluding hydrogens is 316 g/mol. The van der Waals surface area contributed by atoms with Gasteiger partial charge in [-0.1, -0.05) is 24.3 Å². The highest BCUT2D eigenvalue weighted by molar-refractivity contribution is 7.90. The maximum atomic E-state index is 12.6. The number of benzene rings is 2. The van der Waals surface area contributed by atoms with Crippen LogP contribution in [0.1, 0.15) is 10.4 Å². The van der Waals surface area contributed by atoms with Crippen LogP contribution in [0.3, 0.4) is 0 Å². The van der Waals surface area contributed by atoms with E-state index >= 15 is 0 Å². The average molecular weight is 327 g/mol. The highest BCUT2D eigenvalue weighted by Crippen LogP contribution is 2.25. The van der Waals surface area contributed by atoms with E-state index in [2.05, 4.69) is 0 Å². The Morgan fingerprint density at radius 2 is 1.57 bits per heavy atom. The van der Waals surface area contributed by atoms with Gasteiger partial charge in [0.15, 0.2) is 0 Å². The molecule has 0 aliphatic heterocycles. The van der Waals surface area contributed by atoms with E-state index in [-0.39, 0.29) is 20.2 Å². The van der Waals surface area contributed by atoms with Crippen LogP contribution in [-0.4, -0.2) is 23.7 Å². The molecule has 2 aromatic carbocycles. The second-order valence-corrected chi connectivity index (χ2v) is 7.01. The molecule has 3 N–H and O–H groups in total. The number of hydrogen-bond donors (Lipinski definition) is 2. The third kappa shape index (κ3) is 3.18. The molecule has 8 heteroatoms. The predicted molar refractivity (Wildman–Crippen MR) is 75.9 cm³/mol. The van der Waals surface area contributed by atoms with E-state index in [0.29, 0.717) is 0 Å². The van der Waals surface area contributed by atoms with Crippen molar-refractivity contribution >= 4 is 26.8 Å². The van der Waals surface area contributed by atoms with Crippen LogP contribution in [0.25, 0.3) is 0 Å². The highest BCUT2D eigenvalue weighted by atomic mass is 32.2. The van der Waals surface area contributed by atoms with Gasteiger partial charge in [-0.25, -0.2) is 22.6 Å². The smallest absolute Gasteiger partial charge is 0.336 e. The van der Waals surface area contributed by atoms with Crippen LogP contribution < -0.4 is 5.14 Å². The zero-order chi connectivity index (χ0) is 15.6. The maximum Gasteiger partial charge on any atom is 0.336 e. The van der Waals surface area contributed by atoms with Crippen LogP contribution in [0.5, 0.6) is 0 Å². The number of sulfonamides is 1. The maximum absolute atomic E-state index is 12.6. The summed E-state index contributed by atoms with van der Waals surface area (Å²) in [6.07, 6.45) is 0. The third-order valence-corrected chi connectivity index (χ3v) is 5.28. The van der Waals surface area contributed by atoms with Gasteiger partial charge in [0.05, 0.1) is 31.0 Å². The minimum Gasteiger partial charge on any atom is -0.478 e. The predicted octanol–water partition coefficient (Wildman–Crippen LogP) is 1.20. The van der Waals surface area contributed by atoms with Crippen molar-refractivity contribution < 1.29 is 22.5 Å². The standard InChI is InChI=1S/C13H11NO5S2/c14-21(18,19)12-8-4-3-7-11(12)20(17)10-6-2-1-5-9(10)13(15)16/h1-8H,(H,15,16)(H2,14,18,19)/i17+2. The minimum absolute atomic E-state index is 0.0149. The van der Waals surface area contributed by atoms with Gasteiger partial charge >= 0.3 is 5.97 Å². The second kappa shape index (κ2) is 5.76. The van der Waals surface area contributed by atoms with Crippen molar-refractivity contribution in [3.8, 4) is 0 Å². The van der Waals surface area contributed by atoms with Gasteiger partial charge in [0.2, 0.25) is 10.0 Å². The van der Waals surface area contributed by atoms with Crippen LogP contribution in [0.2, 0.25) is 0 Å². The van der Waals surface area contributed by atoms with Crippen molar-refractivity contribution in [1.82, 2.24) is 0 Å². The van der Waals surface area contributed by atoms with Crippen molar-refractivity contribution in [1.29, 1.82) is 0 Å². The van der Waals surface area contributed by atoms with Gasteiger partial charge in [0.1, 0.15) is 0 Å². The number of carboxylic acid groups (broad SMARTS) is 1. The number of primary sulfonamides is 1. The fraction of sp³-hybridized carbons (Fsp3) is 0. The molecule has 2 aromatic rings. The van der Waals surface area contributed by atoms with Crippen LogP contribution in [-0.2, 0) is 20.8 Å². The van der Waals surface area contributed by atoms with Crippen molar-refractivity contribution in [3.05, 3.63) is 54.1 Å². The van der Waals surface area contributed by atoms with Crippen molar-refractivity contribution in [2.24, 2.45) is 5.14 Å². The Morgan fingerprint density at radius 3 is 2.14 bits per heavy atom. The van der Waals surface area contributed by atoms with E-state index in [1.807, 2.05) is 0 Å². The summed E-state index contributed by atoms with van der Waals surface area (Å²) in [4.78, 5) is 10.8. The van der Waals surface area contributed by atoms with Gasteiger partial charge in [0, 0.05) is 0 Å². The molecule has 110 valence electrons. The quantitative estimate of drug-likeness (QED) is 0.819. The number of carboxylic acids is 1. The molecule has 0 spiro atoms. The Hall–Kier alpha value is -2.03. The van der Waals surface area contributed by atoms with Crippen LogP contribution in [0, 0.1) is 0 Å². The van der Waals surface area contributed by atoms with Crippen LogP contribution in [0.4, 0.5) is 0 Å². The molecule has 0 bridgehead atoms.